The number of carbonyl (C=O) groups is 1. The van der Waals surface area contributed by atoms with Crippen molar-refractivity contribution in [1.82, 2.24) is 5.01 Å². The molecule has 1 N–H and O–H groups in total. The third-order valence-corrected chi connectivity index (χ3v) is 5.95. The van der Waals surface area contributed by atoms with E-state index in [1.54, 1.807) is 48.5 Å². The second-order valence-corrected chi connectivity index (χ2v) is 8.58. The summed E-state index contributed by atoms with van der Waals surface area (Å²) in [4.78, 5) is 13.1. The molecule has 39 heavy (non-hydrogen) atoms. The van der Waals surface area contributed by atoms with Crippen LogP contribution in [0.25, 0.3) is 0 Å². The molecule has 4 aromatic carbocycles. The molecule has 1 unspecified atom stereocenters. The average molecular weight is 535 g/mol. The fourth-order valence-electron chi connectivity index (χ4n) is 4.09. The number of nitrogens with zero attached hydrogens (tertiary/aromatic N) is 2. The van der Waals surface area contributed by atoms with Gasteiger partial charge in [-0.25, -0.2) is 18.6 Å². The molecule has 0 saturated heterocycles. The summed E-state index contributed by atoms with van der Waals surface area (Å²) in [6.45, 7) is -2.70. The molecule has 0 aliphatic carbocycles. The monoisotopic (exact) mass is 535 g/mol. The van der Waals surface area contributed by atoms with E-state index in [2.05, 4.69) is 15.2 Å². The van der Waals surface area contributed by atoms with Crippen LogP contribution >= 0.6 is 0 Å². The van der Waals surface area contributed by atoms with Gasteiger partial charge in [0.2, 0.25) is 0 Å². The Morgan fingerprint density at radius 1 is 0.795 bits per heavy atom. The number of ether oxygens (including phenoxy) is 2. The van der Waals surface area contributed by atoms with Crippen LogP contribution in [0.2, 0.25) is 0 Å². The standard InChI is InChI=1S/C29H21F4N3O3/c30-20-5-1-18(2-6-20)26-17-36(35-27(26)19-3-7-21(31)8-4-19)29(37)34-22-9-11-23(12-10-22)38-24-13-15-25(16-14-24)39-28(32)33/h1-16,26,28H,17H2,(H,34,37). The first-order chi connectivity index (χ1) is 18.8. The van der Waals surface area contributed by atoms with Crippen LogP contribution in [-0.2, 0) is 0 Å². The summed E-state index contributed by atoms with van der Waals surface area (Å²) >= 11 is 0. The first-order valence-corrected chi connectivity index (χ1v) is 11.9. The highest BCUT2D eigenvalue weighted by Gasteiger charge is 2.32. The van der Waals surface area contributed by atoms with Crippen molar-refractivity contribution in [3.63, 3.8) is 0 Å². The summed E-state index contributed by atoms with van der Waals surface area (Å²) in [5.74, 6) is -0.212. The molecule has 198 valence electrons. The smallest absolute Gasteiger partial charge is 0.387 e. The predicted molar refractivity (Wildman–Crippen MR) is 137 cm³/mol. The maximum Gasteiger partial charge on any atom is 0.387 e. The number of anilines is 1. The van der Waals surface area contributed by atoms with Crippen LogP contribution in [-0.4, -0.2) is 29.9 Å². The third kappa shape index (κ3) is 6.35. The minimum absolute atomic E-state index is 0.0178. The van der Waals surface area contributed by atoms with Gasteiger partial charge in [-0.2, -0.15) is 13.9 Å². The quantitative estimate of drug-likeness (QED) is 0.251. The number of nitrogens with one attached hydrogen (secondary N) is 1. The zero-order chi connectivity index (χ0) is 27.4. The minimum Gasteiger partial charge on any atom is -0.457 e. The molecule has 1 aliphatic heterocycles. The maximum absolute atomic E-state index is 13.5. The van der Waals surface area contributed by atoms with E-state index in [9.17, 15) is 22.4 Å². The van der Waals surface area contributed by atoms with E-state index in [1.807, 2.05) is 0 Å². The Kier molecular flexibility index (Phi) is 7.44. The van der Waals surface area contributed by atoms with Crippen molar-refractivity contribution in [3.05, 3.63) is 120 Å². The van der Waals surface area contributed by atoms with Crippen molar-refractivity contribution in [2.75, 3.05) is 11.9 Å². The fourth-order valence-corrected chi connectivity index (χ4v) is 4.09. The van der Waals surface area contributed by atoms with Crippen LogP contribution in [0.3, 0.4) is 0 Å². The second kappa shape index (κ2) is 11.3. The Hall–Kier alpha value is -4.86. The zero-order valence-electron chi connectivity index (χ0n) is 20.2. The third-order valence-electron chi connectivity index (χ3n) is 5.95. The highest BCUT2D eigenvalue weighted by Crippen LogP contribution is 2.30. The Balaban J connectivity index is 1.27. The molecule has 0 radical (unpaired) electrons. The van der Waals surface area contributed by atoms with Gasteiger partial charge in [0.15, 0.2) is 0 Å². The maximum atomic E-state index is 13.5. The molecule has 10 heteroatoms. The molecule has 2 amide bonds. The topological polar surface area (TPSA) is 63.2 Å². The fraction of sp³-hybridized carbons (Fsp3) is 0.103. The number of urea groups is 1. The first-order valence-electron chi connectivity index (χ1n) is 11.9. The number of hydrogen-bond donors (Lipinski definition) is 1. The van der Waals surface area contributed by atoms with Gasteiger partial charge < -0.3 is 14.8 Å². The van der Waals surface area contributed by atoms with Crippen molar-refractivity contribution in [1.29, 1.82) is 0 Å². The van der Waals surface area contributed by atoms with E-state index < -0.39 is 18.5 Å². The van der Waals surface area contributed by atoms with E-state index in [0.717, 1.165) is 5.56 Å². The molecular weight excluding hydrogens is 514 g/mol. The molecule has 1 aliphatic rings. The van der Waals surface area contributed by atoms with Gasteiger partial charge in [-0.15, -0.1) is 0 Å². The zero-order valence-corrected chi connectivity index (χ0v) is 20.2. The molecular formula is C29H21F4N3O3. The number of alkyl halides is 2. The van der Waals surface area contributed by atoms with E-state index >= 15 is 0 Å². The molecule has 6 nitrogen and oxygen atoms in total. The summed E-state index contributed by atoms with van der Waals surface area (Å²) in [7, 11) is 0. The summed E-state index contributed by atoms with van der Waals surface area (Å²) in [5, 5.41) is 8.56. The highest BCUT2D eigenvalue weighted by molar-refractivity contribution is 6.07. The van der Waals surface area contributed by atoms with Crippen LogP contribution in [0.1, 0.15) is 17.0 Å². The van der Waals surface area contributed by atoms with Crippen LogP contribution < -0.4 is 14.8 Å². The number of carbonyl (C=O) groups excluding carboxylic acids is 1. The first kappa shape index (κ1) is 25.8. The van der Waals surface area contributed by atoms with Crippen LogP contribution in [0, 0.1) is 11.6 Å². The number of hydrogen-bond acceptors (Lipinski definition) is 4. The van der Waals surface area contributed by atoms with Gasteiger partial charge in [-0.3, -0.25) is 0 Å². The second-order valence-electron chi connectivity index (χ2n) is 8.58. The Morgan fingerprint density at radius 3 is 1.92 bits per heavy atom. The predicted octanol–water partition coefficient (Wildman–Crippen LogP) is 7.39. The summed E-state index contributed by atoms with van der Waals surface area (Å²) in [6, 6.07) is 23.6. The number of rotatable bonds is 7. The van der Waals surface area contributed by atoms with Crippen LogP contribution in [0.5, 0.6) is 17.2 Å². The molecule has 5 rings (SSSR count). The van der Waals surface area contributed by atoms with Crippen LogP contribution in [0.15, 0.2) is 102 Å². The SMILES string of the molecule is O=C(Nc1ccc(Oc2ccc(OC(F)F)cc2)cc1)N1CC(c2ccc(F)cc2)C(c2ccc(F)cc2)=N1. The molecule has 0 spiro atoms. The Bertz CT molecular complexity index is 1460. The number of amides is 2. The Morgan fingerprint density at radius 2 is 1.33 bits per heavy atom. The van der Waals surface area contributed by atoms with Crippen molar-refractivity contribution in [3.8, 4) is 17.2 Å². The van der Waals surface area contributed by atoms with E-state index in [0.29, 0.717) is 28.5 Å². The number of halogens is 4. The van der Waals surface area contributed by atoms with Gasteiger partial charge in [0, 0.05) is 11.6 Å². The van der Waals surface area contributed by atoms with Gasteiger partial charge in [0.05, 0.1) is 12.3 Å². The number of benzene rings is 4. The van der Waals surface area contributed by atoms with Crippen molar-refractivity contribution in [2.24, 2.45) is 5.10 Å². The van der Waals surface area contributed by atoms with Crippen molar-refractivity contribution >= 4 is 17.4 Å². The van der Waals surface area contributed by atoms with Gasteiger partial charge >= 0.3 is 12.6 Å². The molecule has 4 aromatic rings. The van der Waals surface area contributed by atoms with E-state index in [1.165, 1.54) is 53.5 Å². The molecule has 0 bridgehead atoms. The summed E-state index contributed by atoms with van der Waals surface area (Å²) < 4.78 is 61.6. The normalized spacial score (nSPS) is 14.7. The average Bonchev–Trinajstić information content (AvgIpc) is 3.37. The summed E-state index contributed by atoms with van der Waals surface area (Å²) in [5.41, 5.74) is 2.46. The molecule has 0 aromatic heterocycles. The van der Waals surface area contributed by atoms with Gasteiger partial charge in [0.25, 0.3) is 0 Å². The highest BCUT2D eigenvalue weighted by atomic mass is 19.3. The van der Waals surface area contributed by atoms with Gasteiger partial charge in [0.1, 0.15) is 28.9 Å². The van der Waals surface area contributed by atoms with Gasteiger partial charge in [-0.05, 0) is 83.9 Å². The lowest BCUT2D eigenvalue weighted by Crippen LogP contribution is -2.30. The number of hydrazone groups is 1. The Labute approximate surface area is 221 Å². The lowest BCUT2D eigenvalue weighted by Gasteiger charge is -2.16. The lowest BCUT2D eigenvalue weighted by atomic mass is 9.90. The summed E-state index contributed by atoms with van der Waals surface area (Å²) in [6.07, 6.45) is 0. The van der Waals surface area contributed by atoms with Crippen LogP contribution in [0.4, 0.5) is 28.0 Å². The minimum atomic E-state index is -2.91. The molecule has 0 fully saturated rings. The molecule has 1 heterocycles. The van der Waals surface area contributed by atoms with E-state index in [-0.39, 0.29) is 24.0 Å². The lowest BCUT2D eigenvalue weighted by molar-refractivity contribution is -0.0498. The molecule has 1 atom stereocenters. The molecule has 0 saturated carbocycles. The van der Waals surface area contributed by atoms with Crippen molar-refractivity contribution < 1.29 is 31.8 Å². The van der Waals surface area contributed by atoms with E-state index in [4.69, 9.17) is 4.74 Å². The van der Waals surface area contributed by atoms with Crippen molar-refractivity contribution in [2.45, 2.75) is 12.5 Å². The largest absolute Gasteiger partial charge is 0.457 e. The van der Waals surface area contributed by atoms with Gasteiger partial charge in [-0.1, -0.05) is 24.3 Å².